The zero-order chi connectivity index (χ0) is 20.3. The predicted octanol–water partition coefficient (Wildman–Crippen LogP) is 6.88. The lowest BCUT2D eigenvalue weighted by atomic mass is 9.73. The largest absolute Gasteiger partial charge is 0.481 e. The molecule has 3 atom stereocenters. The molecule has 0 heterocycles. The van der Waals surface area contributed by atoms with Crippen molar-refractivity contribution in [3.8, 4) is 0 Å². The maximum absolute atomic E-state index is 14.3. The zero-order valence-electron chi connectivity index (χ0n) is 16.0. The molecule has 2 nitrogen and oxygen atoms in total. The van der Waals surface area contributed by atoms with Gasteiger partial charge in [0.2, 0.25) is 0 Å². The van der Waals surface area contributed by atoms with Gasteiger partial charge in [-0.15, -0.1) is 0 Å². The first kappa shape index (κ1) is 21.7. The molecule has 0 saturated carbocycles. The molecular formula is C22H25Cl2FO2. The van der Waals surface area contributed by atoms with Gasteiger partial charge in [-0.1, -0.05) is 62.5 Å². The standard InChI is InChI=1S/C22H25Cl2FO2/c1-5-7-15-10-16(23)11-18(24)21(15)20(12(2)13(3)22(26)27)17-8-6-9-19(25)14(17)4/h6,8-13,20H,5,7H2,1-4H3,(H,26,27). The number of benzene rings is 2. The number of carbonyl (C=O) groups is 1. The second-order valence-corrected chi connectivity index (χ2v) is 7.97. The SMILES string of the molecule is CCCc1cc(Cl)cc(Cl)c1C(c1cccc(F)c1C)C(C)C(C)C(=O)O. The Labute approximate surface area is 170 Å². The Kier molecular flexibility index (Phi) is 7.30. The number of hydrogen-bond donors (Lipinski definition) is 1. The fraction of sp³-hybridized carbons (Fsp3) is 0.409. The Morgan fingerprint density at radius 3 is 2.48 bits per heavy atom. The van der Waals surface area contributed by atoms with Gasteiger partial charge in [-0.25, -0.2) is 4.39 Å². The molecule has 0 aliphatic rings. The second-order valence-electron chi connectivity index (χ2n) is 7.13. The zero-order valence-corrected chi connectivity index (χ0v) is 17.5. The number of carboxylic acids is 1. The molecule has 3 unspecified atom stereocenters. The maximum Gasteiger partial charge on any atom is 0.306 e. The molecule has 2 aromatic carbocycles. The molecule has 0 aliphatic heterocycles. The second kappa shape index (κ2) is 9.07. The van der Waals surface area contributed by atoms with Gasteiger partial charge in [-0.2, -0.15) is 0 Å². The summed E-state index contributed by atoms with van der Waals surface area (Å²) in [6, 6.07) is 8.49. The van der Waals surface area contributed by atoms with Crippen LogP contribution in [-0.2, 0) is 11.2 Å². The Hall–Kier alpha value is -1.58. The van der Waals surface area contributed by atoms with Crippen molar-refractivity contribution in [1.29, 1.82) is 0 Å². The highest BCUT2D eigenvalue weighted by Crippen LogP contribution is 2.43. The Bertz CT molecular complexity index is 835. The molecular weight excluding hydrogens is 386 g/mol. The molecule has 0 aliphatic carbocycles. The lowest BCUT2D eigenvalue weighted by Gasteiger charge is -2.31. The highest BCUT2D eigenvalue weighted by Gasteiger charge is 2.33. The summed E-state index contributed by atoms with van der Waals surface area (Å²) in [5, 5.41) is 10.6. The average Bonchev–Trinajstić information content (AvgIpc) is 2.59. The van der Waals surface area contributed by atoms with E-state index < -0.39 is 11.9 Å². The molecule has 27 heavy (non-hydrogen) atoms. The van der Waals surface area contributed by atoms with E-state index in [9.17, 15) is 14.3 Å². The Balaban J connectivity index is 2.78. The molecule has 2 rings (SSSR count). The van der Waals surface area contributed by atoms with Gasteiger partial charge < -0.3 is 5.11 Å². The summed E-state index contributed by atoms with van der Waals surface area (Å²) in [7, 11) is 0. The van der Waals surface area contributed by atoms with Crippen molar-refractivity contribution in [2.45, 2.75) is 46.5 Å². The fourth-order valence-electron chi connectivity index (χ4n) is 3.64. The van der Waals surface area contributed by atoms with Gasteiger partial charge in [-0.3, -0.25) is 4.79 Å². The molecule has 146 valence electrons. The van der Waals surface area contributed by atoms with Crippen molar-refractivity contribution in [2.75, 3.05) is 0 Å². The summed E-state index contributed by atoms with van der Waals surface area (Å²) in [4.78, 5) is 11.7. The van der Waals surface area contributed by atoms with Crippen LogP contribution in [0, 0.1) is 24.6 Å². The lowest BCUT2D eigenvalue weighted by molar-refractivity contribution is -0.142. The number of aliphatic carboxylic acids is 1. The third kappa shape index (κ3) is 4.64. The van der Waals surface area contributed by atoms with Crippen LogP contribution in [0.1, 0.15) is 55.4 Å². The fourth-order valence-corrected chi connectivity index (χ4v) is 4.29. The summed E-state index contributed by atoms with van der Waals surface area (Å²) < 4.78 is 14.3. The van der Waals surface area contributed by atoms with E-state index in [0.717, 1.165) is 29.5 Å². The van der Waals surface area contributed by atoms with E-state index in [2.05, 4.69) is 6.92 Å². The van der Waals surface area contributed by atoms with Gasteiger partial charge in [0.1, 0.15) is 5.82 Å². The Morgan fingerprint density at radius 1 is 1.22 bits per heavy atom. The number of hydrogen-bond acceptors (Lipinski definition) is 1. The number of carboxylic acid groups (broad SMARTS) is 1. The van der Waals surface area contributed by atoms with Crippen LogP contribution in [0.4, 0.5) is 4.39 Å². The van der Waals surface area contributed by atoms with E-state index in [1.165, 1.54) is 6.07 Å². The van der Waals surface area contributed by atoms with Gasteiger partial charge in [0.15, 0.2) is 0 Å². The minimum atomic E-state index is -0.885. The van der Waals surface area contributed by atoms with Gasteiger partial charge in [-0.05, 0) is 59.7 Å². The topological polar surface area (TPSA) is 37.3 Å². The van der Waals surface area contributed by atoms with Crippen molar-refractivity contribution < 1.29 is 14.3 Å². The average molecular weight is 411 g/mol. The normalized spacial score (nSPS) is 14.6. The van der Waals surface area contributed by atoms with Gasteiger partial charge in [0.25, 0.3) is 0 Å². The van der Waals surface area contributed by atoms with E-state index in [0.29, 0.717) is 15.6 Å². The molecule has 2 aromatic rings. The van der Waals surface area contributed by atoms with Crippen LogP contribution in [0.2, 0.25) is 10.0 Å². The van der Waals surface area contributed by atoms with Gasteiger partial charge in [0, 0.05) is 16.0 Å². The highest BCUT2D eigenvalue weighted by atomic mass is 35.5. The van der Waals surface area contributed by atoms with Crippen molar-refractivity contribution in [3.05, 3.63) is 68.4 Å². The molecule has 0 radical (unpaired) electrons. The van der Waals surface area contributed by atoms with E-state index in [-0.39, 0.29) is 17.7 Å². The summed E-state index contributed by atoms with van der Waals surface area (Å²) in [5.41, 5.74) is 3.10. The van der Waals surface area contributed by atoms with Crippen molar-refractivity contribution in [2.24, 2.45) is 11.8 Å². The number of halogens is 3. The van der Waals surface area contributed by atoms with Crippen LogP contribution in [0.3, 0.4) is 0 Å². The van der Waals surface area contributed by atoms with Crippen LogP contribution in [0.5, 0.6) is 0 Å². The maximum atomic E-state index is 14.3. The first-order valence-corrected chi connectivity index (χ1v) is 9.90. The third-order valence-electron chi connectivity index (χ3n) is 5.36. The van der Waals surface area contributed by atoms with Crippen LogP contribution in [-0.4, -0.2) is 11.1 Å². The quantitative estimate of drug-likeness (QED) is 0.539. The van der Waals surface area contributed by atoms with E-state index in [1.54, 1.807) is 26.0 Å². The van der Waals surface area contributed by atoms with Crippen LogP contribution < -0.4 is 0 Å². The van der Waals surface area contributed by atoms with E-state index in [1.807, 2.05) is 19.1 Å². The summed E-state index contributed by atoms with van der Waals surface area (Å²) in [6.07, 6.45) is 1.65. The molecule has 0 fully saturated rings. The smallest absolute Gasteiger partial charge is 0.306 e. The van der Waals surface area contributed by atoms with Crippen LogP contribution >= 0.6 is 23.2 Å². The van der Waals surface area contributed by atoms with Crippen molar-refractivity contribution in [1.82, 2.24) is 0 Å². The predicted molar refractivity (Wildman–Crippen MR) is 109 cm³/mol. The minimum Gasteiger partial charge on any atom is -0.481 e. The molecule has 5 heteroatoms. The summed E-state index contributed by atoms with van der Waals surface area (Å²) in [5.74, 6) is -2.47. The minimum absolute atomic E-state index is 0.294. The van der Waals surface area contributed by atoms with Crippen molar-refractivity contribution in [3.63, 3.8) is 0 Å². The molecule has 1 N–H and O–H groups in total. The number of rotatable bonds is 7. The summed E-state index contributed by atoms with van der Waals surface area (Å²) >= 11 is 12.8. The lowest BCUT2D eigenvalue weighted by Crippen LogP contribution is -2.26. The monoisotopic (exact) mass is 410 g/mol. The molecule has 0 saturated heterocycles. The molecule has 0 aromatic heterocycles. The number of aryl methyl sites for hydroxylation is 1. The molecule has 0 amide bonds. The molecule has 0 spiro atoms. The van der Waals surface area contributed by atoms with Gasteiger partial charge >= 0.3 is 5.97 Å². The molecule has 0 bridgehead atoms. The third-order valence-corrected chi connectivity index (χ3v) is 5.89. The van der Waals surface area contributed by atoms with E-state index >= 15 is 0 Å². The highest BCUT2D eigenvalue weighted by molar-refractivity contribution is 6.35. The van der Waals surface area contributed by atoms with Crippen LogP contribution in [0.15, 0.2) is 30.3 Å². The first-order chi connectivity index (χ1) is 12.7. The van der Waals surface area contributed by atoms with Crippen molar-refractivity contribution >= 4 is 29.2 Å². The van der Waals surface area contributed by atoms with E-state index in [4.69, 9.17) is 23.2 Å². The van der Waals surface area contributed by atoms with Gasteiger partial charge in [0.05, 0.1) is 5.92 Å². The first-order valence-electron chi connectivity index (χ1n) is 9.14. The summed E-state index contributed by atoms with van der Waals surface area (Å²) in [6.45, 7) is 7.34. The van der Waals surface area contributed by atoms with Crippen LogP contribution in [0.25, 0.3) is 0 Å². The Morgan fingerprint density at radius 2 is 1.89 bits per heavy atom.